The van der Waals surface area contributed by atoms with Crippen LogP contribution in [0.5, 0.6) is 5.75 Å². The van der Waals surface area contributed by atoms with Gasteiger partial charge in [0.2, 0.25) is 0 Å². The van der Waals surface area contributed by atoms with E-state index in [1.807, 2.05) is 71.4 Å². The fourth-order valence-electron chi connectivity index (χ4n) is 3.47. The van der Waals surface area contributed by atoms with Crippen LogP contribution in [0.3, 0.4) is 0 Å². The quantitative estimate of drug-likeness (QED) is 0.458. The molecule has 5 aromatic rings. The third kappa shape index (κ3) is 3.08. The topological polar surface area (TPSA) is 66.6 Å². The van der Waals surface area contributed by atoms with Crippen LogP contribution in [-0.2, 0) is 0 Å². The number of hydrogen-bond acceptors (Lipinski definition) is 3. The van der Waals surface area contributed by atoms with Crippen molar-refractivity contribution in [3.63, 3.8) is 0 Å². The highest BCUT2D eigenvalue weighted by Gasteiger charge is 2.12. The van der Waals surface area contributed by atoms with Gasteiger partial charge in [0.25, 0.3) is 5.91 Å². The maximum absolute atomic E-state index is 12.9. The first-order valence-corrected chi connectivity index (χ1v) is 9.25. The number of nitrogens with zero attached hydrogens (tertiary/aromatic N) is 2. The van der Waals surface area contributed by atoms with Crippen molar-refractivity contribution < 1.29 is 9.90 Å². The van der Waals surface area contributed by atoms with Gasteiger partial charge in [0.15, 0.2) is 0 Å². The first-order valence-electron chi connectivity index (χ1n) is 9.25. The first-order chi connectivity index (χ1) is 14.2. The average Bonchev–Trinajstić information content (AvgIpc) is 3.18. The summed E-state index contributed by atoms with van der Waals surface area (Å²) in [4.78, 5) is 17.5. The van der Waals surface area contributed by atoms with Crippen LogP contribution in [0.4, 0.5) is 5.69 Å². The molecule has 3 aromatic carbocycles. The Labute approximate surface area is 166 Å². The number of carbonyl (C=O) groups excluding carboxylic acids is 1. The number of anilines is 1. The van der Waals surface area contributed by atoms with Gasteiger partial charge in [0, 0.05) is 40.0 Å². The van der Waals surface area contributed by atoms with Gasteiger partial charge in [0.1, 0.15) is 11.4 Å². The van der Waals surface area contributed by atoms with Gasteiger partial charge in [-0.2, -0.15) is 0 Å². The van der Waals surface area contributed by atoms with E-state index in [0.29, 0.717) is 22.3 Å². The molecule has 0 aliphatic carbocycles. The number of fused-ring (bicyclic) bond motifs is 2. The van der Waals surface area contributed by atoms with Gasteiger partial charge in [-0.3, -0.25) is 4.79 Å². The third-order valence-electron chi connectivity index (χ3n) is 4.94. The lowest BCUT2D eigenvalue weighted by atomic mass is 10.1. The number of rotatable bonds is 3. The van der Waals surface area contributed by atoms with Crippen molar-refractivity contribution in [2.24, 2.45) is 0 Å². The van der Waals surface area contributed by atoms with Gasteiger partial charge < -0.3 is 14.8 Å². The molecule has 0 atom stereocenters. The molecule has 29 heavy (non-hydrogen) atoms. The van der Waals surface area contributed by atoms with Crippen LogP contribution >= 0.6 is 0 Å². The number of aromatic hydroxyl groups is 1. The second kappa shape index (κ2) is 6.80. The minimum atomic E-state index is -0.229. The van der Waals surface area contributed by atoms with Crippen molar-refractivity contribution in [3.8, 4) is 17.0 Å². The molecule has 1 amide bonds. The maximum atomic E-state index is 12.9. The number of phenolic OH excluding ortho intramolecular Hbond substituents is 1. The molecular weight excluding hydrogens is 362 g/mol. The van der Waals surface area contributed by atoms with Crippen molar-refractivity contribution in [1.29, 1.82) is 0 Å². The Bertz CT molecular complexity index is 1360. The van der Waals surface area contributed by atoms with Gasteiger partial charge in [-0.1, -0.05) is 54.6 Å². The molecule has 0 spiro atoms. The lowest BCUT2D eigenvalue weighted by Crippen LogP contribution is -2.12. The molecule has 2 heterocycles. The lowest BCUT2D eigenvalue weighted by Gasteiger charge is -2.10. The van der Waals surface area contributed by atoms with E-state index in [1.165, 1.54) is 0 Å². The second-order valence-corrected chi connectivity index (χ2v) is 6.81. The summed E-state index contributed by atoms with van der Waals surface area (Å²) in [6.45, 7) is 0. The SMILES string of the molecule is O=C(Nc1cccc2c(O)cccc12)c1ccn2cc(-c3ccccc3)nc2c1. The van der Waals surface area contributed by atoms with Crippen molar-refractivity contribution in [2.45, 2.75) is 0 Å². The van der Waals surface area contributed by atoms with E-state index in [0.717, 1.165) is 16.6 Å². The van der Waals surface area contributed by atoms with Gasteiger partial charge in [-0.05, 0) is 24.3 Å². The number of hydrogen-bond donors (Lipinski definition) is 2. The largest absolute Gasteiger partial charge is 0.507 e. The van der Waals surface area contributed by atoms with Gasteiger partial charge in [-0.25, -0.2) is 4.98 Å². The molecule has 5 heteroatoms. The molecule has 0 radical (unpaired) electrons. The molecule has 0 saturated carbocycles. The second-order valence-electron chi connectivity index (χ2n) is 6.81. The third-order valence-corrected chi connectivity index (χ3v) is 4.94. The highest BCUT2D eigenvalue weighted by molar-refractivity contribution is 6.10. The summed E-state index contributed by atoms with van der Waals surface area (Å²) in [5, 5.41) is 14.5. The Morgan fingerprint density at radius 3 is 2.55 bits per heavy atom. The van der Waals surface area contributed by atoms with E-state index in [1.54, 1.807) is 24.3 Å². The zero-order chi connectivity index (χ0) is 19.8. The predicted molar refractivity (Wildman–Crippen MR) is 114 cm³/mol. The molecule has 0 bridgehead atoms. The number of nitrogens with one attached hydrogen (secondary N) is 1. The van der Waals surface area contributed by atoms with E-state index in [2.05, 4.69) is 10.3 Å². The zero-order valence-corrected chi connectivity index (χ0v) is 15.4. The number of aromatic nitrogens is 2. The van der Waals surface area contributed by atoms with Gasteiger partial charge in [0.05, 0.1) is 5.69 Å². The van der Waals surface area contributed by atoms with E-state index < -0.39 is 0 Å². The van der Waals surface area contributed by atoms with Crippen LogP contribution in [0.2, 0.25) is 0 Å². The summed E-state index contributed by atoms with van der Waals surface area (Å²) in [5.41, 5.74) is 3.74. The minimum Gasteiger partial charge on any atom is -0.507 e. The van der Waals surface area contributed by atoms with Crippen LogP contribution in [-0.4, -0.2) is 20.4 Å². The van der Waals surface area contributed by atoms with E-state index >= 15 is 0 Å². The Balaban J connectivity index is 1.48. The molecule has 2 N–H and O–H groups in total. The molecule has 140 valence electrons. The van der Waals surface area contributed by atoms with Crippen LogP contribution in [0.1, 0.15) is 10.4 Å². The molecule has 0 aliphatic rings. The molecule has 2 aromatic heterocycles. The molecular formula is C24H17N3O2. The van der Waals surface area contributed by atoms with Gasteiger partial charge in [-0.15, -0.1) is 0 Å². The summed E-state index contributed by atoms with van der Waals surface area (Å²) in [7, 11) is 0. The van der Waals surface area contributed by atoms with Crippen molar-refractivity contribution in [1.82, 2.24) is 9.38 Å². The Hall–Kier alpha value is -4.12. The van der Waals surface area contributed by atoms with Crippen molar-refractivity contribution in [2.75, 3.05) is 5.32 Å². The minimum absolute atomic E-state index is 0.186. The molecule has 0 unspecified atom stereocenters. The highest BCUT2D eigenvalue weighted by atomic mass is 16.3. The zero-order valence-electron chi connectivity index (χ0n) is 15.4. The van der Waals surface area contributed by atoms with Crippen LogP contribution in [0.15, 0.2) is 91.3 Å². The van der Waals surface area contributed by atoms with E-state index in [-0.39, 0.29) is 11.7 Å². The number of pyridine rings is 1. The Morgan fingerprint density at radius 1 is 0.897 bits per heavy atom. The van der Waals surface area contributed by atoms with Crippen LogP contribution < -0.4 is 5.32 Å². The smallest absolute Gasteiger partial charge is 0.255 e. The lowest BCUT2D eigenvalue weighted by molar-refractivity contribution is 0.102. The monoisotopic (exact) mass is 379 g/mol. The normalized spacial score (nSPS) is 11.0. The number of imidazole rings is 1. The number of carbonyl (C=O) groups is 1. The van der Waals surface area contributed by atoms with Crippen molar-refractivity contribution in [3.05, 3.63) is 96.8 Å². The molecule has 0 fully saturated rings. The number of amides is 1. The summed E-state index contributed by atoms with van der Waals surface area (Å²) in [5.74, 6) is -0.0431. The van der Waals surface area contributed by atoms with E-state index in [4.69, 9.17) is 0 Å². The summed E-state index contributed by atoms with van der Waals surface area (Å²) in [6, 6.07) is 24.2. The Morgan fingerprint density at radius 2 is 1.69 bits per heavy atom. The van der Waals surface area contributed by atoms with Crippen LogP contribution in [0.25, 0.3) is 27.7 Å². The van der Waals surface area contributed by atoms with Crippen molar-refractivity contribution >= 4 is 28.0 Å². The summed E-state index contributed by atoms with van der Waals surface area (Å²) < 4.78 is 1.90. The fourth-order valence-corrected chi connectivity index (χ4v) is 3.47. The average molecular weight is 379 g/mol. The highest BCUT2D eigenvalue weighted by Crippen LogP contribution is 2.30. The van der Waals surface area contributed by atoms with Crippen LogP contribution in [0, 0.1) is 0 Å². The predicted octanol–water partition coefficient (Wildman–Crippen LogP) is 5.11. The molecule has 5 nitrogen and oxygen atoms in total. The van der Waals surface area contributed by atoms with E-state index in [9.17, 15) is 9.90 Å². The Kier molecular flexibility index (Phi) is 3.99. The molecule has 0 saturated heterocycles. The molecule has 0 aliphatic heterocycles. The fraction of sp³-hybridized carbons (Fsp3) is 0. The molecule has 5 rings (SSSR count). The first kappa shape index (κ1) is 17.0. The summed E-state index contributed by atoms with van der Waals surface area (Å²) >= 11 is 0. The standard InChI is InChI=1S/C24H17N3O2/c28-22-11-5-8-18-19(22)9-4-10-20(18)26-24(29)17-12-13-27-15-21(25-23(27)14-17)16-6-2-1-3-7-16/h1-15,28H,(H,26,29). The maximum Gasteiger partial charge on any atom is 0.255 e. The van der Waals surface area contributed by atoms with Gasteiger partial charge >= 0.3 is 0 Å². The number of phenols is 1. The number of benzene rings is 3. The summed E-state index contributed by atoms with van der Waals surface area (Å²) in [6.07, 6.45) is 3.78.